The fourth-order valence-corrected chi connectivity index (χ4v) is 4.88. The molecule has 1 aliphatic heterocycles. The Hall–Kier alpha value is -2.49. The molecule has 0 unspecified atom stereocenters. The maximum Gasteiger partial charge on any atom is 0.200 e. The first-order valence-electron chi connectivity index (χ1n) is 9.01. The molecular weight excluding hydrogens is 400 g/mol. The van der Waals surface area contributed by atoms with E-state index in [1.807, 2.05) is 54.6 Å². The second-order valence-corrected chi connectivity index (χ2v) is 7.85. The molecule has 0 N–H and O–H groups in total. The van der Waals surface area contributed by atoms with Crippen molar-refractivity contribution in [2.45, 2.75) is 17.6 Å². The molecule has 3 heteroatoms. The highest BCUT2D eigenvalue weighted by Crippen LogP contribution is 2.62. The molecule has 3 aromatic carbocycles. The molecule has 27 heavy (non-hydrogen) atoms. The normalized spacial score (nSPS) is 26.3. The average Bonchev–Trinajstić information content (AvgIpc) is 2.71. The van der Waals surface area contributed by atoms with Crippen LogP contribution < -0.4 is 0 Å². The summed E-state index contributed by atoms with van der Waals surface area (Å²) in [4.78, 5) is 12.7. The van der Waals surface area contributed by atoms with Gasteiger partial charge in [-0.1, -0.05) is 84.9 Å². The molecule has 3 aromatic rings. The van der Waals surface area contributed by atoms with E-state index in [9.17, 15) is 4.79 Å². The average molecular weight is 417 g/mol. The number of fused-ring (bicyclic) bond motifs is 2. The van der Waals surface area contributed by atoms with Crippen molar-refractivity contribution < 1.29 is 9.53 Å². The quantitative estimate of drug-likeness (QED) is 0.518. The standard InChI is InChI=1S/C24H17BrO2/c25-20-15-24(19-14-8-7-13-18(19)22(20)26)21(16-9-3-1-4-10-16)23(27-24)17-11-5-2-6-12-17/h1-15,21,23H/t21-,23+,24+/m1/s1. The third kappa shape index (κ3) is 2.46. The highest BCUT2D eigenvalue weighted by Gasteiger charge is 2.58. The van der Waals surface area contributed by atoms with Crippen molar-refractivity contribution in [2.75, 3.05) is 0 Å². The van der Waals surface area contributed by atoms with Gasteiger partial charge in [-0.05, 0) is 38.7 Å². The molecule has 0 bridgehead atoms. The molecule has 0 radical (unpaired) electrons. The Morgan fingerprint density at radius 1 is 0.778 bits per heavy atom. The first kappa shape index (κ1) is 16.7. The lowest BCUT2D eigenvalue weighted by molar-refractivity contribution is -0.212. The van der Waals surface area contributed by atoms with E-state index in [2.05, 4.69) is 52.3 Å². The summed E-state index contributed by atoms with van der Waals surface area (Å²) in [5.74, 6) is 0.0951. The van der Waals surface area contributed by atoms with Crippen molar-refractivity contribution >= 4 is 21.7 Å². The third-order valence-corrected chi connectivity index (χ3v) is 6.11. The van der Waals surface area contributed by atoms with E-state index in [1.54, 1.807) is 0 Å². The van der Waals surface area contributed by atoms with Gasteiger partial charge in [-0.3, -0.25) is 4.79 Å². The molecule has 2 aliphatic rings. The zero-order chi connectivity index (χ0) is 18.4. The number of rotatable bonds is 2. The largest absolute Gasteiger partial charge is 0.357 e. The highest BCUT2D eigenvalue weighted by atomic mass is 79.9. The highest BCUT2D eigenvalue weighted by molar-refractivity contribution is 9.12. The van der Waals surface area contributed by atoms with Gasteiger partial charge in [0.15, 0.2) is 5.78 Å². The third-order valence-electron chi connectivity index (χ3n) is 5.52. The number of Topliss-reactive ketones (excluding diaryl/α,β-unsaturated/α-hetero) is 1. The van der Waals surface area contributed by atoms with Crippen LogP contribution in [0.1, 0.15) is 39.1 Å². The molecule has 0 aromatic heterocycles. The van der Waals surface area contributed by atoms with Gasteiger partial charge in [0.05, 0.1) is 16.5 Å². The molecular formula is C24H17BrO2. The molecule has 1 heterocycles. The van der Waals surface area contributed by atoms with Crippen LogP contribution in [0.15, 0.2) is 95.5 Å². The molecule has 1 fully saturated rings. The number of hydrogen-bond acceptors (Lipinski definition) is 2. The Balaban J connectivity index is 1.71. The second-order valence-electron chi connectivity index (χ2n) is 7.00. The maximum atomic E-state index is 12.7. The molecule has 1 spiro atoms. The summed E-state index contributed by atoms with van der Waals surface area (Å²) >= 11 is 3.48. The van der Waals surface area contributed by atoms with Crippen molar-refractivity contribution in [2.24, 2.45) is 0 Å². The first-order valence-corrected chi connectivity index (χ1v) is 9.80. The molecule has 0 amide bonds. The van der Waals surface area contributed by atoms with E-state index in [0.29, 0.717) is 10.0 Å². The molecule has 2 nitrogen and oxygen atoms in total. The lowest BCUT2D eigenvalue weighted by Gasteiger charge is -2.56. The Labute approximate surface area is 166 Å². The number of ketones is 1. The first-order chi connectivity index (χ1) is 13.2. The van der Waals surface area contributed by atoms with Crippen molar-refractivity contribution in [1.29, 1.82) is 0 Å². The second kappa shape index (κ2) is 6.29. The van der Waals surface area contributed by atoms with Crippen LogP contribution in [0.4, 0.5) is 0 Å². The minimum atomic E-state index is -0.648. The number of ether oxygens (including phenoxy) is 1. The Morgan fingerprint density at radius 2 is 1.37 bits per heavy atom. The van der Waals surface area contributed by atoms with Gasteiger partial charge in [-0.2, -0.15) is 0 Å². The van der Waals surface area contributed by atoms with Gasteiger partial charge in [0, 0.05) is 5.56 Å². The topological polar surface area (TPSA) is 26.3 Å². The van der Waals surface area contributed by atoms with Crippen molar-refractivity contribution in [1.82, 2.24) is 0 Å². The van der Waals surface area contributed by atoms with Crippen molar-refractivity contribution in [3.05, 3.63) is 118 Å². The summed E-state index contributed by atoms with van der Waals surface area (Å²) in [6, 6.07) is 28.5. The number of carbonyl (C=O) groups is 1. The van der Waals surface area contributed by atoms with Crippen LogP contribution in [0, 0.1) is 0 Å². The van der Waals surface area contributed by atoms with Gasteiger partial charge in [-0.15, -0.1) is 0 Å². The molecule has 1 saturated heterocycles. The predicted molar refractivity (Wildman–Crippen MR) is 109 cm³/mol. The van der Waals surface area contributed by atoms with E-state index in [1.165, 1.54) is 5.56 Å². The minimum absolute atomic E-state index is 0.00907. The molecule has 132 valence electrons. The summed E-state index contributed by atoms with van der Waals surface area (Å²) in [6.07, 6.45) is 1.89. The fourth-order valence-electron chi connectivity index (χ4n) is 4.33. The van der Waals surface area contributed by atoms with Crippen molar-refractivity contribution in [3.63, 3.8) is 0 Å². The van der Waals surface area contributed by atoms with Crippen LogP contribution in [-0.2, 0) is 10.3 Å². The lowest BCUT2D eigenvalue weighted by Crippen LogP contribution is -2.52. The maximum absolute atomic E-state index is 12.7. The summed E-state index contributed by atoms with van der Waals surface area (Å²) in [5.41, 5.74) is 3.36. The monoisotopic (exact) mass is 416 g/mol. The number of halogens is 1. The zero-order valence-electron chi connectivity index (χ0n) is 14.5. The molecule has 5 rings (SSSR count). The minimum Gasteiger partial charge on any atom is -0.357 e. The van der Waals surface area contributed by atoms with Gasteiger partial charge in [0.25, 0.3) is 0 Å². The van der Waals surface area contributed by atoms with Gasteiger partial charge in [-0.25, -0.2) is 0 Å². The SMILES string of the molecule is O=C1C(Br)=C[C@]2(O[C@@H](c3ccccc3)[C@H]2c2ccccc2)c2ccccc21. The van der Waals surface area contributed by atoms with Crippen molar-refractivity contribution in [3.8, 4) is 0 Å². The summed E-state index contributed by atoms with van der Waals surface area (Å²) < 4.78 is 7.17. The number of allylic oxidation sites excluding steroid dienone is 1. The van der Waals surface area contributed by atoms with Gasteiger partial charge in [0.1, 0.15) is 5.60 Å². The summed E-state index contributed by atoms with van der Waals surface area (Å²) in [5, 5.41) is 0. The Bertz CT molecular complexity index is 1040. The predicted octanol–water partition coefficient (Wildman–Crippen LogP) is 5.91. The van der Waals surface area contributed by atoms with Crippen LogP contribution in [0.5, 0.6) is 0 Å². The summed E-state index contributed by atoms with van der Waals surface area (Å²) in [6.45, 7) is 0. The van der Waals surface area contributed by atoms with Crippen LogP contribution in [0.25, 0.3) is 0 Å². The molecule has 1 aliphatic carbocycles. The molecule has 3 atom stereocenters. The lowest BCUT2D eigenvalue weighted by atomic mass is 9.64. The van der Waals surface area contributed by atoms with Crippen LogP contribution in [-0.4, -0.2) is 5.78 Å². The van der Waals surface area contributed by atoms with E-state index >= 15 is 0 Å². The van der Waals surface area contributed by atoms with Gasteiger partial charge in [0.2, 0.25) is 0 Å². The summed E-state index contributed by atoms with van der Waals surface area (Å²) in [7, 11) is 0. The van der Waals surface area contributed by atoms with E-state index in [4.69, 9.17) is 4.74 Å². The van der Waals surface area contributed by atoms with E-state index < -0.39 is 5.60 Å². The smallest absolute Gasteiger partial charge is 0.200 e. The molecule has 0 saturated carbocycles. The van der Waals surface area contributed by atoms with Gasteiger partial charge < -0.3 is 4.74 Å². The van der Waals surface area contributed by atoms with Crippen LogP contribution in [0.3, 0.4) is 0 Å². The van der Waals surface area contributed by atoms with Crippen LogP contribution >= 0.6 is 15.9 Å². The fraction of sp³-hybridized carbons (Fsp3) is 0.125. The number of carbonyl (C=O) groups excluding carboxylic acids is 1. The number of benzene rings is 3. The zero-order valence-corrected chi connectivity index (χ0v) is 16.1. The van der Waals surface area contributed by atoms with E-state index in [0.717, 1.165) is 11.1 Å². The Morgan fingerprint density at radius 3 is 2.07 bits per heavy atom. The Kier molecular flexibility index (Phi) is 3.88. The van der Waals surface area contributed by atoms with Gasteiger partial charge >= 0.3 is 0 Å². The number of hydrogen-bond donors (Lipinski definition) is 0. The van der Waals surface area contributed by atoms with E-state index in [-0.39, 0.29) is 17.8 Å². The van der Waals surface area contributed by atoms with Crippen LogP contribution in [0.2, 0.25) is 0 Å².